The molecule has 0 saturated carbocycles. The molecule has 0 radical (unpaired) electrons. The summed E-state index contributed by atoms with van der Waals surface area (Å²) < 4.78 is 4.74. The number of nitrogens with two attached hydrogens (primary N) is 2. The molecule has 0 atom stereocenters. The molecule has 0 bridgehead atoms. The van der Waals surface area contributed by atoms with Crippen LogP contribution in [0.4, 0.5) is 0 Å². The fourth-order valence-corrected chi connectivity index (χ4v) is 0.275. The first-order valence-corrected chi connectivity index (χ1v) is 2.39. The summed E-state index contributed by atoms with van der Waals surface area (Å²) in [6, 6.07) is 0. The van der Waals surface area contributed by atoms with Crippen molar-refractivity contribution in [1.82, 2.24) is 0 Å². The highest BCUT2D eigenvalue weighted by Gasteiger charge is 1.77. The molecule has 0 spiro atoms. The second-order valence-corrected chi connectivity index (χ2v) is 1.13. The SMILES string of the molecule is NC=NCCOCN. The summed E-state index contributed by atoms with van der Waals surface area (Å²) in [6.45, 7) is 1.39. The van der Waals surface area contributed by atoms with Gasteiger partial charge in [0.05, 0.1) is 26.2 Å². The van der Waals surface area contributed by atoms with Gasteiger partial charge in [-0.15, -0.1) is 0 Å². The average molecular weight is 117 g/mol. The van der Waals surface area contributed by atoms with Gasteiger partial charge >= 0.3 is 0 Å². The fourth-order valence-electron chi connectivity index (χ4n) is 0.275. The number of aliphatic imine (C=N–C) groups is 1. The average Bonchev–Trinajstić information content (AvgIpc) is 1.81. The molecule has 48 valence electrons. The van der Waals surface area contributed by atoms with Crippen LogP contribution in [0.5, 0.6) is 0 Å². The Morgan fingerprint density at radius 2 is 2.38 bits per heavy atom. The van der Waals surface area contributed by atoms with Crippen molar-refractivity contribution < 1.29 is 4.74 Å². The number of ether oxygens (including phenoxy) is 1. The molecule has 0 aliphatic carbocycles. The molecule has 0 aromatic heterocycles. The molecule has 0 aromatic rings. The first kappa shape index (κ1) is 7.39. The van der Waals surface area contributed by atoms with E-state index in [-0.39, 0.29) is 6.73 Å². The minimum atomic E-state index is 0.250. The van der Waals surface area contributed by atoms with Crippen molar-refractivity contribution in [3.8, 4) is 0 Å². The molecule has 4 nitrogen and oxygen atoms in total. The van der Waals surface area contributed by atoms with Crippen molar-refractivity contribution in [3.63, 3.8) is 0 Å². The van der Waals surface area contributed by atoms with Gasteiger partial charge in [0, 0.05) is 0 Å². The van der Waals surface area contributed by atoms with Gasteiger partial charge in [-0.2, -0.15) is 0 Å². The zero-order valence-electron chi connectivity index (χ0n) is 4.71. The molecular formula is C4H11N3O. The number of hydrogen-bond acceptors (Lipinski definition) is 3. The van der Waals surface area contributed by atoms with E-state index in [9.17, 15) is 0 Å². The Labute approximate surface area is 48.5 Å². The van der Waals surface area contributed by atoms with Gasteiger partial charge in [-0.1, -0.05) is 0 Å². The zero-order chi connectivity index (χ0) is 6.24. The first-order valence-electron chi connectivity index (χ1n) is 2.39. The van der Waals surface area contributed by atoms with Crippen LogP contribution in [-0.4, -0.2) is 26.2 Å². The predicted octanol–water partition coefficient (Wildman–Crippen LogP) is -1.09. The van der Waals surface area contributed by atoms with Gasteiger partial charge in [0.1, 0.15) is 0 Å². The summed E-state index contributed by atoms with van der Waals surface area (Å²) in [7, 11) is 0. The topological polar surface area (TPSA) is 73.6 Å². The van der Waals surface area contributed by atoms with Crippen molar-refractivity contribution in [1.29, 1.82) is 0 Å². The van der Waals surface area contributed by atoms with Gasteiger partial charge < -0.3 is 16.2 Å². The van der Waals surface area contributed by atoms with Crippen LogP contribution in [0.3, 0.4) is 0 Å². The van der Waals surface area contributed by atoms with Gasteiger partial charge in [-0.05, 0) is 0 Å². The van der Waals surface area contributed by atoms with Crippen LogP contribution in [0.25, 0.3) is 0 Å². The first-order chi connectivity index (χ1) is 3.91. The van der Waals surface area contributed by atoms with Gasteiger partial charge in [0.25, 0.3) is 0 Å². The quantitative estimate of drug-likeness (QED) is 0.212. The van der Waals surface area contributed by atoms with Crippen molar-refractivity contribution in [2.24, 2.45) is 16.5 Å². The molecule has 0 aliphatic heterocycles. The number of rotatable bonds is 4. The van der Waals surface area contributed by atoms with E-state index in [4.69, 9.17) is 16.2 Å². The Morgan fingerprint density at radius 1 is 1.62 bits per heavy atom. The van der Waals surface area contributed by atoms with Crippen LogP contribution in [0.15, 0.2) is 4.99 Å². The summed E-state index contributed by atoms with van der Waals surface area (Å²) in [6.07, 6.45) is 1.25. The van der Waals surface area contributed by atoms with Gasteiger partial charge in [-0.3, -0.25) is 4.99 Å². The van der Waals surface area contributed by atoms with Crippen LogP contribution >= 0.6 is 0 Å². The lowest BCUT2D eigenvalue weighted by Gasteiger charge is -1.93. The highest BCUT2D eigenvalue weighted by molar-refractivity contribution is 5.50. The van der Waals surface area contributed by atoms with E-state index in [0.717, 1.165) is 0 Å². The third kappa shape index (κ3) is 5.39. The van der Waals surface area contributed by atoms with Gasteiger partial charge in [-0.25, -0.2) is 0 Å². The minimum Gasteiger partial charge on any atom is -0.390 e. The predicted molar refractivity (Wildman–Crippen MR) is 32.6 cm³/mol. The molecule has 0 heterocycles. The molecular weight excluding hydrogens is 106 g/mol. The zero-order valence-corrected chi connectivity index (χ0v) is 4.71. The maximum absolute atomic E-state index is 5.01. The van der Waals surface area contributed by atoms with E-state index in [0.29, 0.717) is 13.2 Å². The molecule has 0 saturated heterocycles. The lowest BCUT2D eigenvalue weighted by molar-refractivity contribution is 0.149. The molecule has 4 heteroatoms. The second-order valence-electron chi connectivity index (χ2n) is 1.13. The van der Waals surface area contributed by atoms with E-state index in [2.05, 4.69) is 4.99 Å². The third-order valence-electron chi connectivity index (χ3n) is 0.588. The maximum Gasteiger partial charge on any atom is 0.0941 e. The highest BCUT2D eigenvalue weighted by atomic mass is 16.5. The van der Waals surface area contributed by atoms with Crippen molar-refractivity contribution in [2.75, 3.05) is 19.9 Å². The van der Waals surface area contributed by atoms with Gasteiger partial charge in [0.2, 0.25) is 0 Å². The standard InChI is InChI=1S/C4H11N3O/c5-3-7-1-2-8-4-6/h3H,1-2,4,6H2,(H2,5,7). The maximum atomic E-state index is 5.01. The Bertz CT molecular complexity index is 64.3. The Kier molecular flexibility index (Phi) is 5.90. The Hall–Kier alpha value is -0.610. The highest BCUT2D eigenvalue weighted by Crippen LogP contribution is 1.68. The molecule has 0 aliphatic rings. The van der Waals surface area contributed by atoms with Crippen LogP contribution in [0.1, 0.15) is 0 Å². The van der Waals surface area contributed by atoms with E-state index in [1.165, 1.54) is 6.34 Å². The van der Waals surface area contributed by atoms with Crippen molar-refractivity contribution >= 4 is 6.34 Å². The van der Waals surface area contributed by atoms with E-state index < -0.39 is 0 Å². The lowest BCUT2D eigenvalue weighted by atomic mass is 10.7. The molecule has 0 unspecified atom stereocenters. The summed E-state index contributed by atoms with van der Waals surface area (Å²) in [5.41, 5.74) is 9.94. The van der Waals surface area contributed by atoms with E-state index >= 15 is 0 Å². The monoisotopic (exact) mass is 117 g/mol. The fraction of sp³-hybridized carbons (Fsp3) is 0.750. The van der Waals surface area contributed by atoms with Crippen LogP contribution in [-0.2, 0) is 4.74 Å². The summed E-state index contributed by atoms with van der Waals surface area (Å²) in [5, 5.41) is 0. The van der Waals surface area contributed by atoms with Crippen molar-refractivity contribution in [3.05, 3.63) is 0 Å². The molecule has 0 aromatic carbocycles. The molecule has 0 rings (SSSR count). The van der Waals surface area contributed by atoms with Crippen molar-refractivity contribution in [2.45, 2.75) is 0 Å². The second kappa shape index (κ2) is 6.39. The molecule has 0 amide bonds. The smallest absolute Gasteiger partial charge is 0.0941 e. The molecule has 0 fully saturated rings. The van der Waals surface area contributed by atoms with Crippen LogP contribution in [0.2, 0.25) is 0 Å². The lowest BCUT2D eigenvalue weighted by Crippen LogP contribution is -2.07. The number of hydrogen-bond donors (Lipinski definition) is 2. The Morgan fingerprint density at radius 3 is 2.88 bits per heavy atom. The minimum absolute atomic E-state index is 0.250. The van der Waals surface area contributed by atoms with Crippen LogP contribution in [0, 0.1) is 0 Å². The largest absolute Gasteiger partial charge is 0.390 e. The molecule has 8 heavy (non-hydrogen) atoms. The summed E-state index contributed by atoms with van der Waals surface area (Å²) in [5.74, 6) is 0. The molecule has 4 N–H and O–H groups in total. The Balaban J connectivity index is 2.72. The summed E-state index contributed by atoms with van der Waals surface area (Å²) >= 11 is 0. The van der Waals surface area contributed by atoms with Crippen LogP contribution < -0.4 is 11.5 Å². The van der Waals surface area contributed by atoms with Gasteiger partial charge in [0.15, 0.2) is 0 Å². The number of nitrogens with zero attached hydrogens (tertiary/aromatic N) is 1. The van der Waals surface area contributed by atoms with E-state index in [1.54, 1.807) is 0 Å². The van der Waals surface area contributed by atoms with E-state index in [1.807, 2.05) is 0 Å². The third-order valence-corrected chi connectivity index (χ3v) is 0.588. The normalized spacial score (nSPS) is 10.6. The summed E-state index contributed by atoms with van der Waals surface area (Å²) in [4.78, 5) is 3.68.